The first-order valence-electron chi connectivity index (χ1n) is 5.17. The van der Waals surface area contributed by atoms with Gasteiger partial charge in [-0.3, -0.25) is 9.59 Å². The SMILES string of the molecule is CC(C)N(CCO)C(=O)c1cc[nH]c(=O)c1. The summed E-state index contributed by atoms with van der Waals surface area (Å²) in [6.45, 7) is 3.90. The van der Waals surface area contributed by atoms with Crippen molar-refractivity contribution in [1.29, 1.82) is 0 Å². The van der Waals surface area contributed by atoms with Crippen LogP contribution in [0, 0.1) is 0 Å². The Kier molecular flexibility index (Phi) is 4.25. The summed E-state index contributed by atoms with van der Waals surface area (Å²) < 4.78 is 0. The molecule has 1 aromatic rings. The second kappa shape index (κ2) is 5.46. The van der Waals surface area contributed by atoms with E-state index in [0.717, 1.165) is 0 Å². The number of nitrogens with zero attached hydrogens (tertiary/aromatic N) is 1. The van der Waals surface area contributed by atoms with Crippen LogP contribution >= 0.6 is 0 Å². The summed E-state index contributed by atoms with van der Waals surface area (Å²) in [6, 6.07) is 2.80. The number of aliphatic hydroxyl groups excluding tert-OH is 1. The summed E-state index contributed by atoms with van der Waals surface area (Å²) in [6.07, 6.45) is 1.44. The van der Waals surface area contributed by atoms with Crippen molar-refractivity contribution >= 4 is 5.91 Å². The highest BCUT2D eigenvalue weighted by molar-refractivity contribution is 5.94. The van der Waals surface area contributed by atoms with Crippen LogP contribution < -0.4 is 5.56 Å². The van der Waals surface area contributed by atoms with Crippen molar-refractivity contribution in [3.63, 3.8) is 0 Å². The number of H-pyrrole nitrogens is 1. The minimum Gasteiger partial charge on any atom is -0.395 e. The van der Waals surface area contributed by atoms with E-state index in [0.29, 0.717) is 5.56 Å². The van der Waals surface area contributed by atoms with Gasteiger partial charge in [-0.25, -0.2) is 0 Å². The number of pyridine rings is 1. The summed E-state index contributed by atoms with van der Waals surface area (Å²) in [4.78, 5) is 27.0. The van der Waals surface area contributed by atoms with Crippen molar-refractivity contribution < 1.29 is 9.90 Å². The highest BCUT2D eigenvalue weighted by atomic mass is 16.3. The zero-order valence-corrected chi connectivity index (χ0v) is 9.43. The van der Waals surface area contributed by atoms with Gasteiger partial charge in [0, 0.05) is 30.4 Å². The maximum atomic E-state index is 12.0. The van der Waals surface area contributed by atoms with E-state index in [9.17, 15) is 9.59 Å². The highest BCUT2D eigenvalue weighted by Gasteiger charge is 2.18. The van der Waals surface area contributed by atoms with Gasteiger partial charge in [0.05, 0.1) is 6.61 Å². The van der Waals surface area contributed by atoms with E-state index in [2.05, 4.69) is 4.98 Å². The zero-order valence-electron chi connectivity index (χ0n) is 9.43. The van der Waals surface area contributed by atoms with Gasteiger partial charge >= 0.3 is 0 Å². The van der Waals surface area contributed by atoms with Crippen LogP contribution in [-0.2, 0) is 0 Å². The third kappa shape index (κ3) is 2.93. The third-order valence-electron chi connectivity index (χ3n) is 2.25. The Balaban J connectivity index is 2.94. The molecule has 5 heteroatoms. The topological polar surface area (TPSA) is 73.4 Å². The molecule has 0 bridgehead atoms. The lowest BCUT2D eigenvalue weighted by molar-refractivity contribution is 0.0665. The van der Waals surface area contributed by atoms with Crippen molar-refractivity contribution in [1.82, 2.24) is 9.88 Å². The van der Waals surface area contributed by atoms with Gasteiger partial charge in [-0.2, -0.15) is 0 Å². The number of nitrogens with one attached hydrogen (secondary N) is 1. The fourth-order valence-electron chi connectivity index (χ4n) is 1.45. The van der Waals surface area contributed by atoms with Crippen LogP contribution in [-0.4, -0.2) is 40.1 Å². The Labute approximate surface area is 93.7 Å². The lowest BCUT2D eigenvalue weighted by atomic mass is 10.2. The maximum absolute atomic E-state index is 12.0. The van der Waals surface area contributed by atoms with Crippen LogP contribution in [0.2, 0.25) is 0 Å². The van der Waals surface area contributed by atoms with Crippen molar-refractivity contribution in [2.75, 3.05) is 13.2 Å². The van der Waals surface area contributed by atoms with Crippen molar-refractivity contribution in [3.05, 3.63) is 34.2 Å². The van der Waals surface area contributed by atoms with E-state index in [1.165, 1.54) is 17.2 Å². The Morgan fingerprint density at radius 1 is 1.56 bits per heavy atom. The van der Waals surface area contributed by atoms with E-state index in [1.807, 2.05) is 13.8 Å². The van der Waals surface area contributed by atoms with Gasteiger partial charge in [0.2, 0.25) is 5.56 Å². The Morgan fingerprint density at radius 3 is 2.75 bits per heavy atom. The quantitative estimate of drug-likeness (QED) is 0.768. The summed E-state index contributed by atoms with van der Waals surface area (Å²) in [5.41, 5.74) is 0.0319. The van der Waals surface area contributed by atoms with E-state index in [4.69, 9.17) is 5.11 Å². The molecule has 16 heavy (non-hydrogen) atoms. The third-order valence-corrected chi connectivity index (χ3v) is 2.25. The van der Waals surface area contributed by atoms with Gasteiger partial charge in [-0.1, -0.05) is 0 Å². The molecule has 0 aliphatic heterocycles. The Hall–Kier alpha value is -1.62. The van der Waals surface area contributed by atoms with Gasteiger partial charge in [-0.05, 0) is 19.9 Å². The highest BCUT2D eigenvalue weighted by Crippen LogP contribution is 2.05. The molecule has 1 rings (SSSR count). The molecular formula is C11H16N2O3. The van der Waals surface area contributed by atoms with Gasteiger partial charge in [0.25, 0.3) is 5.91 Å². The fourth-order valence-corrected chi connectivity index (χ4v) is 1.45. The summed E-state index contributed by atoms with van der Waals surface area (Å²) >= 11 is 0. The molecule has 0 fully saturated rings. The maximum Gasteiger partial charge on any atom is 0.254 e. The van der Waals surface area contributed by atoms with Gasteiger partial charge in [0.1, 0.15) is 0 Å². The van der Waals surface area contributed by atoms with Gasteiger partial charge in [-0.15, -0.1) is 0 Å². The molecule has 0 radical (unpaired) electrons. The van der Waals surface area contributed by atoms with Crippen LogP contribution in [0.3, 0.4) is 0 Å². The predicted molar refractivity (Wildman–Crippen MR) is 60.3 cm³/mol. The number of carbonyl (C=O) groups is 1. The molecule has 0 unspecified atom stereocenters. The van der Waals surface area contributed by atoms with Crippen LogP contribution in [0.1, 0.15) is 24.2 Å². The molecule has 0 spiro atoms. The molecule has 0 atom stereocenters. The molecule has 0 saturated carbocycles. The average Bonchev–Trinajstić information content (AvgIpc) is 2.24. The fraction of sp³-hybridized carbons (Fsp3) is 0.455. The second-order valence-corrected chi connectivity index (χ2v) is 3.76. The second-order valence-electron chi connectivity index (χ2n) is 3.76. The van der Waals surface area contributed by atoms with Crippen molar-refractivity contribution in [2.45, 2.75) is 19.9 Å². The zero-order chi connectivity index (χ0) is 12.1. The van der Waals surface area contributed by atoms with E-state index in [-0.39, 0.29) is 30.7 Å². The molecule has 1 aromatic heterocycles. The normalized spacial score (nSPS) is 10.5. The largest absolute Gasteiger partial charge is 0.395 e. The summed E-state index contributed by atoms with van der Waals surface area (Å²) in [5.74, 6) is -0.241. The molecule has 0 aliphatic carbocycles. The number of rotatable bonds is 4. The van der Waals surface area contributed by atoms with Crippen LogP contribution in [0.5, 0.6) is 0 Å². The number of carbonyl (C=O) groups excluding carboxylic acids is 1. The minimum atomic E-state index is -0.307. The van der Waals surface area contributed by atoms with E-state index >= 15 is 0 Å². The lowest BCUT2D eigenvalue weighted by Crippen LogP contribution is -2.39. The van der Waals surface area contributed by atoms with E-state index in [1.54, 1.807) is 6.07 Å². The van der Waals surface area contributed by atoms with E-state index < -0.39 is 0 Å². The minimum absolute atomic E-state index is 0.0149. The molecule has 0 aromatic carbocycles. The Morgan fingerprint density at radius 2 is 2.25 bits per heavy atom. The number of aromatic nitrogens is 1. The molecule has 1 amide bonds. The first-order valence-corrected chi connectivity index (χ1v) is 5.17. The molecule has 5 nitrogen and oxygen atoms in total. The number of hydrogen-bond donors (Lipinski definition) is 2. The van der Waals surface area contributed by atoms with Crippen molar-refractivity contribution in [2.24, 2.45) is 0 Å². The first kappa shape index (κ1) is 12.4. The van der Waals surface area contributed by atoms with Gasteiger partial charge in [0.15, 0.2) is 0 Å². The van der Waals surface area contributed by atoms with Crippen molar-refractivity contribution in [3.8, 4) is 0 Å². The molecule has 88 valence electrons. The predicted octanol–water partition coefficient (Wildman–Crippen LogP) is 0.218. The van der Waals surface area contributed by atoms with Gasteiger partial charge < -0.3 is 15.0 Å². The lowest BCUT2D eigenvalue weighted by Gasteiger charge is -2.25. The summed E-state index contributed by atoms with van der Waals surface area (Å²) in [7, 11) is 0. The monoisotopic (exact) mass is 224 g/mol. The summed E-state index contributed by atoms with van der Waals surface area (Å²) in [5, 5.41) is 8.87. The molecule has 0 saturated heterocycles. The number of amides is 1. The average molecular weight is 224 g/mol. The van der Waals surface area contributed by atoms with Crippen LogP contribution in [0.4, 0.5) is 0 Å². The first-order chi connectivity index (χ1) is 7.56. The molecule has 2 N–H and O–H groups in total. The molecule has 0 aliphatic rings. The molecule has 1 heterocycles. The molecular weight excluding hydrogens is 208 g/mol. The van der Waals surface area contributed by atoms with Crippen LogP contribution in [0.25, 0.3) is 0 Å². The van der Waals surface area contributed by atoms with Crippen LogP contribution in [0.15, 0.2) is 23.1 Å². The standard InChI is InChI=1S/C11H16N2O3/c1-8(2)13(5-6-14)11(16)9-3-4-12-10(15)7-9/h3-4,7-8,14H,5-6H2,1-2H3,(H,12,15). The number of aliphatic hydroxyl groups is 1. The Bertz CT molecular complexity index is 412. The number of hydrogen-bond acceptors (Lipinski definition) is 3. The number of aromatic amines is 1. The smallest absolute Gasteiger partial charge is 0.254 e.